The Morgan fingerprint density at radius 3 is 2.76 bits per heavy atom. The number of hydrogen-bond donors (Lipinski definition) is 1. The lowest BCUT2D eigenvalue weighted by Crippen LogP contribution is -2.23. The van der Waals surface area contributed by atoms with Crippen LogP contribution in [0.1, 0.15) is 10.4 Å². The van der Waals surface area contributed by atoms with E-state index in [1.165, 1.54) is 24.3 Å². The molecule has 0 atom stereocenters. The molecule has 0 saturated heterocycles. The molecule has 2 aromatic rings. The first-order valence-corrected chi connectivity index (χ1v) is 6.28. The van der Waals surface area contributed by atoms with Crippen LogP contribution < -0.4 is 10.1 Å². The molecular formula is C16H13FN2O2. The Balaban J connectivity index is 1.71. The quantitative estimate of drug-likeness (QED) is 0.874. The molecule has 1 aromatic heterocycles. The predicted octanol–water partition coefficient (Wildman–Crippen LogP) is 2.03. The Bertz CT molecular complexity index is 645. The number of carbonyl (C=O) groups is 1. The van der Waals surface area contributed by atoms with Crippen molar-refractivity contribution in [2.24, 2.45) is 0 Å². The number of halogens is 1. The summed E-state index contributed by atoms with van der Waals surface area (Å²) in [4.78, 5) is 15.6. The van der Waals surface area contributed by atoms with Crippen molar-refractivity contribution in [3.63, 3.8) is 0 Å². The lowest BCUT2D eigenvalue weighted by molar-refractivity contribution is 0.0958. The van der Waals surface area contributed by atoms with E-state index in [-0.39, 0.29) is 24.9 Å². The molecule has 1 amide bonds. The molecule has 0 aliphatic carbocycles. The molecule has 1 aromatic carbocycles. The second-order valence-corrected chi connectivity index (χ2v) is 4.02. The van der Waals surface area contributed by atoms with Gasteiger partial charge in [0.05, 0.1) is 12.7 Å². The molecule has 106 valence electrons. The van der Waals surface area contributed by atoms with Crippen molar-refractivity contribution < 1.29 is 13.9 Å². The number of amides is 1. The van der Waals surface area contributed by atoms with E-state index in [4.69, 9.17) is 4.74 Å². The molecule has 1 heterocycles. The minimum absolute atomic E-state index is 0.201. The number of ether oxygens (including phenoxy) is 1. The molecule has 0 radical (unpaired) electrons. The molecular weight excluding hydrogens is 271 g/mol. The fraction of sp³-hybridized carbons (Fsp3) is 0.125. The highest BCUT2D eigenvalue weighted by Crippen LogP contribution is 2.05. The van der Waals surface area contributed by atoms with Crippen molar-refractivity contribution in [3.05, 3.63) is 60.2 Å². The van der Waals surface area contributed by atoms with Gasteiger partial charge in [0.25, 0.3) is 5.91 Å². The van der Waals surface area contributed by atoms with Crippen molar-refractivity contribution in [3.8, 4) is 17.6 Å². The van der Waals surface area contributed by atoms with Crippen molar-refractivity contribution in [2.45, 2.75) is 0 Å². The summed E-state index contributed by atoms with van der Waals surface area (Å²) in [5.74, 6) is 5.51. The average molecular weight is 284 g/mol. The summed E-state index contributed by atoms with van der Waals surface area (Å²) in [6.07, 6.45) is 3.25. The lowest BCUT2D eigenvalue weighted by Gasteiger charge is -2.01. The van der Waals surface area contributed by atoms with Gasteiger partial charge < -0.3 is 10.1 Å². The SMILES string of the molecule is O=C(NCC#CCOc1cccnc1)c1ccc(F)cc1. The zero-order chi connectivity index (χ0) is 14.9. The molecule has 2 rings (SSSR count). The van der Waals surface area contributed by atoms with Crippen LogP contribution in [0.3, 0.4) is 0 Å². The number of aromatic nitrogens is 1. The second-order valence-electron chi connectivity index (χ2n) is 4.02. The first kappa shape index (κ1) is 14.5. The van der Waals surface area contributed by atoms with Crippen LogP contribution in [0.4, 0.5) is 4.39 Å². The summed E-state index contributed by atoms with van der Waals surface area (Å²) in [5, 5.41) is 2.61. The van der Waals surface area contributed by atoms with Gasteiger partial charge in [-0.05, 0) is 36.4 Å². The van der Waals surface area contributed by atoms with Gasteiger partial charge in [0.15, 0.2) is 0 Å². The molecule has 0 spiro atoms. The number of nitrogens with zero attached hydrogens (tertiary/aromatic N) is 1. The number of nitrogens with one attached hydrogen (secondary N) is 1. The van der Waals surface area contributed by atoms with Gasteiger partial charge in [-0.3, -0.25) is 9.78 Å². The molecule has 1 N–H and O–H groups in total. The molecule has 21 heavy (non-hydrogen) atoms. The van der Waals surface area contributed by atoms with Gasteiger partial charge in [-0.2, -0.15) is 0 Å². The Labute approximate surface area is 122 Å². The van der Waals surface area contributed by atoms with Crippen LogP contribution in [0.25, 0.3) is 0 Å². The summed E-state index contributed by atoms with van der Waals surface area (Å²) >= 11 is 0. The van der Waals surface area contributed by atoms with Crippen LogP contribution in [0, 0.1) is 17.7 Å². The van der Waals surface area contributed by atoms with Gasteiger partial charge in [0, 0.05) is 11.8 Å². The van der Waals surface area contributed by atoms with Crippen LogP contribution in [-0.4, -0.2) is 24.0 Å². The molecule has 0 saturated carbocycles. The normalized spacial score (nSPS) is 9.38. The molecule has 0 aliphatic rings. The summed E-state index contributed by atoms with van der Waals surface area (Å²) in [6.45, 7) is 0.421. The Kier molecular flexibility index (Phi) is 5.30. The van der Waals surface area contributed by atoms with E-state index < -0.39 is 0 Å². The van der Waals surface area contributed by atoms with E-state index in [9.17, 15) is 9.18 Å². The van der Waals surface area contributed by atoms with Gasteiger partial charge in [0.2, 0.25) is 0 Å². The van der Waals surface area contributed by atoms with E-state index in [1.54, 1.807) is 24.5 Å². The van der Waals surface area contributed by atoms with Crippen molar-refractivity contribution in [2.75, 3.05) is 13.2 Å². The number of rotatable bonds is 4. The smallest absolute Gasteiger partial charge is 0.252 e. The first-order chi connectivity index (χ1) is 10.3. The fourth-order valence-corrected chi connectivity index (χ4v) is 1.49. The van der Waals surface area contributed by atoms with Gasteiger partial charge in [-0.15, -0.1) is 0 Å². The molecule has 0 aliphatic heterocycles. The summed E-state index contributed by atoms with van der Waals surface area (Å²) < 4.78 is 18.0. The third-order valence-electron chi connectivity index (χ3n) is 2.51. The van der Waals surface area contributed by atoms with E-state index in [0.29, 0.717) is 11.3 Å². The van der Waals surface area contributed by atoms with Gasteiger partial charge in [-0.25, -0.2) is 4.39 Å². The topological polar surface area (TPSA) is 51.2 Å². The summed E-state index contributed by atoms with van der Waals surface area (Å²) in [6, 6.07) is 8.87. The maximum absolute atomic E-state index is 12.7. The van der Waals surface area contributed by atoms with E-state index in [2.05, 4.69) is 22.1 Å². The zero-order valence-corrected chi connectivity index (χ0v) is 11.2. The van der Waals surface area contributed by atoms with E-state index in [1.807, 2.05) is 0 Å². The molecule has 5 heteroatoms. The highest BCUT2D eigenvalue weighted by Gasteiger charge is 2.03. The third-order valence-corrected chi connectivity index (χ3v) is 2.51. The van der Waals surface area contributed by atoms with E-state index >= 15 is 0 Å². The van der Waals surface area contributed by atoms with Crippen molar-refractivity contribution in [1.82, 2.24) is 10.3 Å². The van der Waals surface area contributed by atoms with Crippen LogP contribution in [0.5, 0.6) is 5.75 Å². The number of hydrogen-bond acceptors (Lipinski definition) is 3. The maximum atomic E-state index is 12.7. The molecule has 0 bridgehead atoms. The predicted molar refractivity (Wildman–Crippen MR) is 76.2 cm³/mol. The van der Waals surface area contributed by atoms with Crippen LogP contribution in [-0.2, 0) is 0 Å². The average Bonchev–Trinajstić information content (AvgIpc) is 2.52. The number of carbonyl (C=O) groups excluding carboxylic acids is 1. The summed E-state index contributed by atoms with van der Waals surface area (Å²) in [5.41, 5.74) is 0.393. The van der Waals surface area contributed by atoms with Crippen molar-refractivity contribution in [1.29, 1.82) is 0 Å². The minimum atomic E-state index is -0.376. The molecule has 4 nitrogen and oxygen atoms in total. The zero-order valence-electron chi connectivity index (χ0n) is 11.2. The van der Waals surface area contributed by atoms with Gasteiger partial charge >= 0.3 is 0 Å². The van der Waals surface area contributed by atoms with Gasteiger partial charge in [-0.1, -0.05) is 11.8 Å². The highest BCUT2D eigenvalue weighted by atomic mass is 19.1. The van der Waals surface area contributed by atoms with E-state index in [0.717, 1.165) is 0 Å². The monoisotopic (exact) mass is 284 g/mol. The number of benzene rings is 1. The highest BCUT2D eigenvalue weighted by molar-refractivity contribution is 5.94. The van der Waals surface area contributed by atoms with Crippen LogP contribution in [0.2, 0.25) is 0 Å². The minimum Gasteiger partial charge on any atom is -0.479 e. The Morgan fingerprint density at radius 2 is 2.05 bits per heavy atom. The van der Waals surface area contributed by atoms with Crippen LogP contribution >= 0.6 is 0 Å². The first-order valence-electron chi connectivity index (χ1n) is 6.28. The van der Waals surface area contributed by atoms with Crippen LogP contribution in [0.15, 0.2) is 48.8 Å². The van der Waals surface area contributed by atoms with Gasteiger partial charge in [0.1, 0.15) is 18.2 Å². The number of pyridine rings is 1. The summed E-state index contributed by atoms with van der Waals surface area (Å²) in [7, 11) is 0. The lowest BCUT2D eigenvalue weighted by atomic mass is 10.2. The maximum Gasteiger partial charge on any atom is 0.252 e. The molecule has 0 fully saturated rings. The van der Waals surface area contributed by atoms with Crippen molar-refractivity contribution >= 4 is 5.91 Å². The largest absolute Gasteiger partial charge is 0.479 e. The Hall–Kier alpha value is -2.87. The fourth-order valence-electron chi connectivity index (χ4n) is 1.49. The standard InChI is InChI=1S/C16H13FN2O2/c17-14-7-5-13(6-8-14)16(20)19-10-1-2-11-21-15-4-3-9-18-12-15/h3-9,12H,10-11H2,(H,19,20). The molecule has 0 unspecified atom stereocenters. The third kappa shape index (κ3) is 4.96. The Morgan fingerprint density at radius 1 is 1.24 bits per heavy atom. The second kappa shape index (κ2) is 7.65.